The molecule has 0 aliphatic rings. The maximum atomic E-state index is 12.2. The molecule has 0 unspecified atom stereocenters. The second-order valence-electron chi connectivity index (χ2n) is 5.72. The molecule has 7 heteroatoms. The molecule has 0 spiro atoms. The number of carbonyl (C=O) groups is 2. The van der Waals surface area contributed by atoms with Gasteiger partial charge in [0.15, 0.2) is 18.1 Å². The highest BCUT2D eigenvalue weighted by Gasteiger charge is 2.17. The highest BCUT2D eigenvalue weighted by molar-refractivity contribution is 5.96. The minimum Gasteiger partial charge on any atom is -0.493 e. The van der Waals surface area contributed by atoms with Crippen molar-refractivity contribution in [1.29, 1.82) is 0 Å². The fraction of sp³-hybridized carbons (Fsp3) is 0.368. The van der Waals surface area contributed by atoms with E-state index in [1.54, 1.807) is 24.3 Å². The fourth-order valence-electron chi connectivity index (χ4n) is 2.81. The van der Waals surface area contributed by atoms with Gasteiger partial charge in [-0.2, -0.15) is 0 Å². The average Bonchev–Trinajstić information content (AvgIpc) is 2.93. The van der Waals surface area contributed by atoms with Gasteiger partial charge in [-0.25, -0.2) is 4.79 Å². The summed E-state index contributed by atoms with van der Waals surface area (Å²) in [5.74, 6) is 0.104. The highest BCUT2D eigenvalue weighted by Crippen LogP contribution is 2.29. The Balaban J connectivity index is 1.97. The van der Waals surface area contributed by atoms with Gasteiger partial charge < -0.3 is 24.1 Å². The van der Waals surface area contributed by atoms with Gasteiger partial charge in [-0.05, 0) is 39.0 Å². The smallest absolute Gasteiger partial charge is 0.340 e. The SMILES string of the molecule is CCn1c(C)cc(C(=O)OCC(=O)Nc2ccc(OC)c(OC)c2)c1C. The predicted molar refractivity (Wildman–Crippen MR) is 98.0 cm³/mol. The first-order chi connectivity index (χ1) is 12.4. The summed E-state index contributed by atoms with van der Waals surface area (Å²) in [4.78, 5) is 24.3. The van der Waals surface area contributed by atoms with Crippen LogP contribution >= 0.6 is 0 Å². The Kier molecular flexibility index (Phi) is 6.27. The Labute approximate surface area is 152 Å². The number of anilines is 1. The molecule has 0 radical (unpaired) electrons. The van der Waals surface area contributed by atoms with E-state index in [1.165, 1.54) is 14.2 Å². The maximum absolute atomic E-state index is 12.2. The monoisotopic (exact) mass is 360 g/mol. The Morgan fingerprint density at radius 3 is 2.35 bits per heavy atom. The van der Waals surface area contributed by atoms with Gasteiger partial charge in [-0.15, -0.1) is 0 Å². The molecule has 1 heterocycles. The van der Waals surface area contributed by atoms with Crippen molar-refractivity contribution in [3.63, 3.8) is 0 Å². The molecule has 1 aromatic heterocycles. The van der Waals surface area contributed by atoms with E-state index in [-0.39, 0.29) is 6.61 Å². The molecule has 1 amide bonds. The molecule has 7 nitrogen and oxygen atoms in total. The minimum atomic E-state index is -0.514. The van der Waals surface area contributed by atoms with Gasteiger partial charge in [0.1, 0.15) is 0 Å². The van der Waals surface area contributed by atoms with E-state index in [2.05, 4.69) is 5.32 Å². The van der Waals surface area contributed by atoms with E-state index >= 15 is 0 Å². The number of nitrogens with zero attached hydrogens (tertiary/aromatic N) is 1. The van der Waals surface area contributed by atoms with E-state index < -0.39 is 11.9 Å². The molecule has 140 valence electrons. The van der Waals surface area contributed by atoms with Crippen molar-refractivity contribution in [2.24, 2.45) is 0 Å². The summed E-state index contributed by atoms with van der Waals surface area (Å²) < 4.78 is 17.5. The standard InChI is InChI=1S/C19H24N2O5/c1-6-21-12(2)9-15(13(21)3)19(23)26-11-18(22)20-14-7-8-16(24-4)17(10-14)25-5/h7-10H,6,11H2,1-5H3,(H,20,22). The van der Waals surface area contributed by atoms with Crippen molar-refractivity contribution >= 4 is 17.6 Å². The number of hydrogen-bond donors (Lipinski definition) is 1. The topological polar surface area (TPSA) is 78.8 Å². The molecule has 0 aliphatic carbocycles. The van der Waals surface area contributed by atoms with E-state index in [4.69, 9.17) is 14.2 Å². The average molecular weight is 360 g/mol. The number of hydrogen-bond acceptors (Lipinski definition) is 5. The third-order valence-corrected chi connectivity index (χ3v) is 4.11. The Morgan fingerprint density at radius 2 is 1.77 bits per heavy atom. The number of benzene rings is 1. The number of aromatic nitrogens is 1. The van der Waals surface area contributed by atoms with E-state index in [0.29, 0.717) is 22.7 Å². The summed E-state index contributed by atoms with van der Waals surface area (Å²) in [6.45, 7) is 6.19. The van der Waals surface area contributed by atoms with Gasteiger partial charge in [-0.1, -0.05) is 0 Å². The quantitative estimate of drug-likeness (QED) is 0.768. The Morgan fingerprint density at radius 1 is 1.08 bits per heavy atom. The van der Waals surface area contributed by atoms with Gasteiger partial charge in [0.25, 0.3) is 5.91 Å². The number of nitrogens with one attached hydrogen (secondary N) is 1. The molecular weight excluding hydrogens is 336 g/mol. The minimum absolute atomic E-state index is 0.372. The van der Waals surface area contributed by atoms with Crippen LogP contribution in [0.5, 0.6) is 11.5 Å². The van der Waals surface area contributed by atoms with Crippen LogP contribution < -0.4 is 14.8 Å². The lowest BCUT2D eigenvalue weighted by molar-refractivity contribution is -0.119. The summed E-state index contributed by atoms with van der Waals surface area (Å²) >= 11 is 0. The summed E-state index contributed by atoms with van der Waals surface area (Å²) in [7, 11) is 3.04. The Bertz CT molecular complexity index is 811. The van der Waals surface area contributed by atoms with E-state index in [9.17, 15) is 9.59 Å². The first kappa shape index (κ1) is 19.4. The molecule has 0 bridgehead atoms. The highest BCUT2D eigenvalue weighted by atomic mass is 16.5. The van der Waals surface area contributed by atoms with Crippen molar-refractivity contribution in [2.45, 2.75) is 27.3 Å². The normalized spacial score (nSPS) is 10.3. The second-order valence-corrected chi connectivity index (χ2v) is 5.72. The molecule has 0 saturated carbocycles. The number of rotatable bonds is 7. The van der Waals surface area contributed by atoms with Crippen molar-refractivity contribution in [1.82, 2.24) is 4.57 Å². The van der Waals surface area contributed by atoms with Crippen molar-refractivity contribution in [2.75, 3.05) is 26.1 Å². The summed E-state index contributed by atoms with van der Waals surface area (Å²) in [6, 6.07) is 6.76. The van der Waals surface area contributed by atoms with Gasteiger partial charge in [0, 0.05) is 29.7 Å². The third-order valence-electron chi connectivity index (χ3n) is 4.11. The molecular formula is C19H24N2O5. The molecule has 1 aromatic carbocycles. The molecule has 0 atom stereocenters. The van der Waals surface area contributed by atoms with E-state index in [0.717, 1.165) is 17.9 Å². The number of ether oxygens (including phenoxy) is 3. The maximum Gasteiger partial charge on any atom is 0.340 e. The van der Waals surface area contributed by atoms with Crippen LogP contribution in [0.15, 0.2) is 24.3 Å². The molecule has 0 fully saturated rings. The molecule has 1 N–H and O–H groups in total. The van der Waals surface area contributed by atoms with Crippen molar-refractivity contribution in [3.8, 4) is 11.5 Å². The van der Waals surface area contributed by atoms with Crippen LogP contribution in [-0.2, 0) is 16.1 Å². The molecule has 26 heavy (non-hydrogen) atoms. The van der Waals surface area contributed by atoms with Gasteiger partial charge in [0.2, 0.25) is 0 Å². The fourth-order valence-corrected chi connectivity index (χ4v) is 2.81. The van der Waals surface area contributed by atoms with Gasteiger partial charge >= 0.3 is 5.97 Å². The van der Waals surface area contributed by atoms with Gasteiger partial charge in [0.05, 0.1) is 19.8 Å². The number of methoxy groups -OCH3 is 2. The zero-order valence-electron chi connectivity index (χ0n) is 15.7. The van der Waals surface area contributed by atoms with E-state index in [1.807, 2.05) is 25.3 Å². The van der Waals surface area contributed by atoms with Crippen LogP contribution in [0.4, 0.5) is 5.69 Å². The van der Waals surface area contributed by atoms with Crippen LogP contribution in [0.2, 0.25) is 0 Å². The van der Waals surface area contributed by atoms with Crippen LogP contribution in [0.1, 0.15) is 28.7 Å². The van der Waals surface area contributed by atoms with Crippen LogP contribution in [0.25, 0.3) is 0 Å². The van der Waals surface area contributed by atoms with Gasteiger partial charge in [-0.3, -0.25) is 4.79 Å². The van der Waals surface area contributed by atoms with Crippen molar-refractivity contribution < 1.29 is 23.8 Å². The third kappa shape index (κ3) is 4.17. The first-order valence-corrected chi connectivity index (χ1v) is 8.27. The number of aryl methyl sites for hydroxylation is 1. The lowest BCUT2D eigenvalue weighted by Gasteiger charge is -2.11. The van der Waals surface area contributed by atoms with Crippen LogP contribution in [0.3, 0.4) is 0 Å². The zero-order valence-corrected chi connectivity index (χ0v) is 15.7. The number of esters is 1. The predicted octanol–water partition coefficient (Wildman–Crippen LogP) is 2.94. The molecule has 0 aliphatic heterocycles. The second kappa shape index (κ2) is 8.42. The molecule has 2 aromatic rings. The number of amides is 1. The molecule has 2 rings (SSSR count). The summed E-state index contributed by atoms with van der Waals surface area (Å²) in [5, 5.41) is 2.66. The number of carbonyl (C=O) groups excluding carboxylic acids is 2. The lowest BCUT2D eigenvalue weighted by Crippen LogP contribution is -2.21. The summed E-state index contributed by atoms with van der Waals surface area (Å²) in [6.07, 6.45) is 0. The summed E-state index contributed by atoms with van der Waals surface area (Å²) in [5.41, 5.74) is 2.80. The zero-order chi connectivity index (χ0) is 19.3. The lowest BCUT2D eigenvalue weighted by atomic mass is 10.2. The van der Waals surface area contributed by atoms with Crippen LogP contribution in [0, 0.1) is 13.8 Å². The first-order valence-electron chi connectivity index (χ1n) is 8.27. The largest absolute Gasteiger partial charge is 0.493 e. The Hall–Kier alpha value is -2.96. The van der Waals surface area contributed by atoms with Crippen LogP contribution in [-0.4, -0.2) is 37.3 Å². The molecule has 0 saturated heterocycles. The van der Waals surface area contributed by atoms with Crippen molar-refractivity contribution in [3.05, 3.63) is 41.2 Å².